The first kappa shape index (κ1) is 16.7. The van der Waals surface area contributed by atoms with Gasteiger partial charge in [0.2, 0.25) is 5.91 Å². The van der Waals surface area contributed by atoms with Crippen LogP contribution in [0.1, 0.15) is 38.5 Å². The van der Waals surface area contributed by atoms with Gasteiger partial charge in [-0.3, -0.25) is 4.79 Å². The van der Waals surface area contributed by atoms with Crippen molar-refractivity contribution in [1.82, 2.24) is 0 Å². The lowest BCUT2D eigenvalue weighted by molar-refractivity contribution is -0.117. The zero-order chi connectivity index (χ0) is 16.1. The number of hydrogen-bond acceptors (Lipinski definition) is 1. The Balaban J connectivity index is 1.60. The van der Waals surface area contributed by atoms with E-state index in [9.17, 15) is 4.79 Å². The Morgan fingerprint density at radius 3 is 1.96 bits per heavy atom. The molecular formula is C20H24INO. The lowest BCUT2D eigenvalue weighted by Crippen LogP contribution is -2.15. The second-order valence-electron chi connectivity index (χ2n) is 6.52. The van der Waals surface area contributed by atoms with Gasteiger partial charge in [0.15, 0.2) is 0 Å². The minimum Gasteiger partial charge on any atom is -0.326 e. The largest absolute Gasteiger partial charge is 0.326 e. The molecule has 2 aliphatic carbocycles. The van der Waals surface area contributed by atoms with Crippen LogP contribution < -0.4 is 5.32 Å². The van der Waals surface area contributed by atoms with Gasteiger partial charge in [-0.05, 0) is 97.2 Å². The van der Waals surface area contributed by atoms with Gasteiger partial charge in [-0.15, -0.1) is 0 Å². The molecule has 3 rings (SSSR count). The van der Waals surface area contributed by atoms with E-state index in [1.807, 2.05) is 24.3 Å². The molecule has 3 heteroatoms. The molecular weight excluding hydrogens is 397 g/mol. The van der Waals surface area contributed by atoms with Crippen molar-refractivity contribution in [2.24, 2.45) is 17.8 Å². The van der Waals surface area contributed by atoms with Crippen molar-refractivity contribution in [1.29, 1.82) is 0 Å². The van der Waals surface area contributed by atoms with Gasteiger partial charge < -0.3 is 5.32 Å². The molecule has 23 heavy (non-hydrogen) atoms. The molecule has 122 valence electrons. The second-order valence-corrected chi connectivity index (χ2v) is 7.77. The quantitative estimate of drug-likeness (QED) is 0.492. The number of halogens is 1. The minimum atomic E-state index is 0.205. The molecule has 1 N–H and O–H groups in total. The standard InChI is InChI=1S/C20H24INO/c21-15-11-13-16(14-12-15)22-20(23)19-17-9-7-5-3-1-2-4-6-8-10-18(17)19/h3-6,11-14,17-19H,1-2,7-10H2,(H,22,23)/b5-3-,6-4+. The minimum absolute atomic E-state index is 0.205. The molecule has 0 radical (unpaired) electrons. The van der Waals surface area contributed by atoms with Crippen molar-refractivity contribution in [3.8, 4) is 0 Å². The fourth-order valence-corrected chi connectivity index (χ4v) is 3.98. The number of benzene rings is 1. The van der Waals surface area contributed by atoms with Crippen molar-refractivity contribution < 1.29 is 4.79 Å². The second kappa shape index (κ2) is 8.13. The molecule has 1 aromatic rings. The molecule has 2 nitrogen and oxygen atoms in total. The van der Waals surface area contributed by atoms with Crippen molar-refractivity contribution in [3.05, 3.63) is 52.1 Å². The van der Waals surface area contributed by atoms with Crippen LogP contribution in [0, 0.1) is 21.3 Å². The molecule has 0 aliphatic heterocycles. The van der Waals surface area contributed by atoms with Crippen LogP contribution in [0.2, 0.25) is 0 Å². The molecule has 0 aromatic heterocycles. The SMILES string of the molecule is O=C(Nc1ccc(I)cc1)C1C2CC/C=C\CC/C=C/CCC21. The van der Waals surface area contributed by atoms with Gasteiger partial charge >= 0.3 is 0 Å². The van der Waals surface area contributed by atoms with E-state index < -0.39 is 0 Å². The van der Waals surface area contributed by atoms with Crippen LogP contribution in [0.15, 0.2) is 48.6 Å². The normalized spacial score (nSPS) is 30.2. The summed E-state index contributed by atoms with van der Waals surface area (Å²) in [5.41, 5.74) is 0.914. The Morgan fingerprint density at radius 2 is 1.39 bits per heavy atom. The van der Waals surface area contributed by atoms with Crippen LogP contribution in [0.4, 0.5) is 5.69 Å². The summed E-state index contributed by atoms with van der Waals surface area (Å²) in [4.78, 5) is 12.6. The zero-order valence-corrected chi connectivity index (χ0v) is 15.5. The molecule has 0 bridgehead atoms. The first-order chi connectivity index (χ1) is 11.3. The molecule has 1 fully saturated rings. The maximum Gasteiger partial charge on any atom is 0.228 e. The Kier molecular flexibility index (Phi) is 5.92. The molecule has 0 saturated heterocycles. The van der Waals surface area contributed by atoms with Gasteiger partial charge in [-0.2, -0.15) is 0 Å². The summed E-state index contributed by atoms with van der Waals surface area (Å²) in [6.07, 6.45) is 15.9. The Hall–Kier alpha value is -1.10. The molecule has 2 aliphatic rings. The highest BCUT2D eigenvalue weighted by molar-refractivity contribution is 14.1. The molecule has 0 spiro atoms. The Labute approximate surface area is 152 Å². The molecule has 1 aromatic carbocycles. The topological polar surface area (TPSA) is 29.1 Å². The van der Waals surface area contributed by atoms with Gasteiger partial charge in [-0.25, -0.2) is 0 Å². The molecule has 3 atom stereocenters. The lowest BCUT2D eigenvalue weighted by atomic mass is 10.1. The van der Waals surface area contributed by atoms with Crippen molar-refractivity contribution >= 4 is 34.2 Å². The number of hydrogen-bond donors (Lipinski definition) is 1. The van der Waals surface area contributed by atoms with Crippen LogP contribution in [0.5, 0.6) is 0 Å². The summed E-state index contributed by atoms with van der Waals surface area (Å²) in [5, 5.41) is 3.11. The third-order valence-corrected chi connectivity index (χ3v) is 5.63. The number of nitrogens with one attached hydrogen (secondary N) is 1. The number of anilines is 1. The summed E-state index contributed by atoms with van der Waals surface area (Å²) < 4.78 is 1.19. The highest BCUT2D eigenvalue weighted by atomic mass is 127. The highest BCUT2D eigenvalue weighted by Crippen LogP contribution is 2.52. The van der Waals surface area contributed by atoms with E-state index in [1.54, 1.807) is 0 Å². The summed E-state index contributed by atoms with van der Waals surface area (Å²) in [6, 6.07) is 8.03. The van der Waals surface area contributed by atoms with E-state index in [4.69, 9.17) is 0 Å². The number of carbonyl (C=O) groups is 1. The monoisotopic (exact) mass is 421 g/mol. The van der Waals surface area contributed by atoms with Crippen LogP contribution in [-0.2, 0) is 4.79 Å². The lowest BCUT2D eigenvalue weighted by Gasteiger charge is -2.05. The van der Waals surface area contributed by atoms with Gasteiger partial charge in [0, 0.05) is 15.2 Å². The summed E-state index contributed by atoms with van der Waals surface area (Å²) >= 11 is 2.28. The van der Waals surface area contributed by atoms with Crippen molar-refractivity contribution in [2.45, 2.75) is 38.5 Å². The van der Waals surface area contributed by atoms with E-state index in [1.165, 1.54) is 3.57 Å². The number of allylic oxidation sites excluding steroid dienone is 4. The maximum absolute atomic E-state index is 12.6. The fourth-order valence-electron chi connectivity index (χ4n) is 3.62. The molecule has 1 saturated carbocycles. The third-order valence-electron chi connectivity index (χ3n) is 4.91. The van der Waals surface area contributed by atoms with Crippen molar-refractivity contribution in [3.63, 3.8) is 0 Å². The Morgan fingerprint density at radius 1 is 0.870 bits per heavy atom. The smallest absolute Gasteiger partial charge is 0.228 e. The van der Waals surface area contributed by atoms with E-state index >= 15 is 0 Å². The first-order valence-corrected chi connectivity index (χ1v) is 9.70. The number of amides is 1. The van der Waals surface area contributed by atoms with Crippen molar-refractivity contribution in [2.75, 3.05) is 5.32 Å². The average molecular weight is 421 g/mol. The highest BCUT2D eigenvalue weighted by Gasteiger charge is 2.52. The third kappa shape index (κ3) is 4.69. The summed E-state index contributed by atoms with van der Waals surface area (Å²) in [5.74, 6) is 1.55. The predicted molar refractivity (Wildman–Crippen MR) is 104 cm³/mol. The van der Waals surface area contributed by atoms with Gasteiger partial charge in [0.25, 0.3) is 0 Å². The van der Waals surface area contributed by atoms with Gasteiger partial charge in [0.1, 0.15) is 0 Å². The first-order valence-electron chi connectivity index (χ1n) is 8.62. The Bertz CT molecular complexity index is 566. The van der Waals surface area contributed by atoms with Crippen LogP contribution in [-0.4, -0.2) is 5.91 Å². The van der Waals surface area contributed by atoms with Gasteiger partial charge in [0.05, 0.1) is 0 Å². The number of fused-ring (bicyclic) bond motifs is 1. The summed E-state index contributed by atoms with van der Waals surface area (Å²) in [7, 11) is 0. The zero-order valence-electron chi connectivity index (χ0n) is 13.4. The molecule has 0 heterocycles. The van der Waals surface area contributed by atoms with Crippen LogP contribution in [0.25, 0.3) is 0 Å². The fraction of sp³-hybridized carbons (Fsp3) is 0.450. The summed E-state index contributed by atoms with van der Waals surface area (Å²) in [6.45, 7) is 0. The van der Waals surface area contributed by atoms with E-state index in [0.717, 1.165) is 44.2 Å². The molecule has 1 amide bonds. The maximum atomic E-state index is 12.6. The van der Waals surface area contributed by atoms with Gasteiger partial charge in [-0.1, -0.05) is 24.3 Å². The average Bonchev–Trinajstić information content (AvgIpc) is 3.22. The van der Waals surface area contributed by atoms with Crippen LogP contribution >= 0.6 is 22.6 Å². The molecule has 3 unspecified atom stereocenters. The van der Waals surface area contributed by atoms with E-state index in [0.29, 0.717) is 11.8 Å². The van der Waals surface area contributed by atoms with E-state index in [2.05, 4.69) is 52.2 Å². The van der Waals surface area contributed by atoms with Crippen LogP contribution in [0.3, 0.4) is 0 Å². The number of carbonyl (C=O) groups excluding carboxylic acids is 1. The van der Waals surface area contributed by atoms with E-state index in [-0.39, 0.29) is 11.8 Å². The predicted octanol–water partition coefficient (Wildman–Crippen LogP) is 5.56. The number of rotatable bonds is 2.